The van der Waals surface area contributed by atoms with Crippen molar-refractivity contribution in [3.63, 3.8) is 0 Å². The summed E-state index contributed by atoms with van der Waals surface area (Å²) < 4.78 is 0. The van der Waals surface area contributed by atoms with Crippen LogP contribution in [0.1, 0.15) is 32.6 Å². The molecule has 3 amide bonds. The summed E-state index contributed by atoms with van der Waals surface area (Å²) in [5, 5.41) is 13.0. The quantitative estimate of drug-likeness (QED) is 0.653. The molecule has 100 valence electrons. The van der Waals surface area contributed by atoms with E-state index in [-0.39, 0.29) is 5.41 Å². The Hall–Kier alpha value is -1.85. The van der Waals surface area contributed by atoms with Crippen LogP contribution < -0.4 is 10.6 Å². The summed E-state index contributed by atoms with van der Waals surface area (Å²) in [6, 6.07) is -0.594. The molecular formula is C12H18N2O4. The number of urea groups is 1. The van der Waals surface area contributed by atoms with E-state index in [1.54, 1.807) is 0 Å². The average molecular weight is 254 g/mol. The summed E-state index contributed by atoms with van der Waals surface area (Å²) in [6.07, 6.45) is 5.96. The zero-order valence-corrected chi connectivity index (χ0v) is 10.4. The second-order valence-corrected chi connectivity index (χ2v) is 4.86. The minimum absolute atomic E-state index is 0.108. The maximum atomic E-state index is 11.4. The Balaban J connectivity index is 2.29. The van der Waals surface area contributed by atoms with Crippen molar-refractivity contribution >= 4 is 17.9 Å². The highest BCUT2D eigenvalue weighted by molar-refractivity contribution is 6.02. The molecule has 18 heavy (non-hydrogen) atoms. The third-order valence-electron chi connectivity index (χ3n) is 3.10. The molecule has 6 heteroatoms. The number of carboxylic acids is 1. The fourth-order valence-electron chi connectivity index (χ4n) is 2.04. The van der Waals surface area contributed by atoms with Crippen LogP contribution in [0.4, 0.5) is 4.79 Å². The molecular weight excluding hydrogens is 236 g/mol. The highest BCUT2D eigenvalue weighted by Gasteiger charge is 2.28. The Labute approximate surface area is 105 Å². The van der Waals surface area contributed by atoms with Gasteiger partial charge in [-0.15, -0.1) is 0 Å². The van der Waals surface area contributed by atoms with Crippen LogP contribution in [0, 0.1) is 5.41 Å². The number of hydrogen-bond acceptors (Lipinski definition) is 3. The lowest BCUT2D eigenvalue weighted by Crippen LogP contribution is -2.42. The van der Waals surface area contributed by atoms with Crippen LogP contribution >= 0.6 is 0 Å². The molecule has 1 rings (SSSR count). The molecule has 0 aromatic rings. The molecule has 0 spiro atoms. The van der Waals surface area contributed by atoms with E-state index in [0.717, 1.165) is 18.9 Å². The van der Waals surface area contributed by atoms with Gasteiger partial charge in [0.25, 0.3) is 5.91 Å². The predicted octanol–water partition coefficient (Wildman–Crippen LogP) is 1.03. The molecule has 0 aliphatic heterocycles. The van der Waals surface area contributed by atoms with Crippen molar-refractivity contribution < 1.29 is 19.5 Å². The van der Waals surface area contributed by atoms with Crippen LogP contribution in [0.3, 0.4) is 0 Å². The SMILES string of the molecule is CC1(CNC(=O)NC(=O)/C=C/C(=O)O)CCCC1. The van der Waals surface area contributed by atoms with Crippen molar-refractivity contribution in [3.8, 4) is 0 Å². The number of nitrogens with one attached hydrogen (secondary N) is 2. The Bertz CT molecular complexity index is 370. The van der Waals surface area contributed by atoms with Gasteiger partial charge >= 0.3 is 12.0 Å². The number of amides is 3. The van der Waals surface area contributed by atoms with Gasteiger partial charge in [0.05, 0.1) is 0 Å². The van der Waals surface area contributed by atoms with Crippen molar-refractivity contribution in [2.24, 2.45) is 5.41 Å². The number of carbonyl (C=O) groups is 3. The summed E-state index contributed by atoms with van der Waals surface area (Å²) in [4.78, 5) is 32.6. The van der Waals surface area contributed by atoms with E-state index in [4.69, 9.17) is 5.11 Å². The largest absolute Gasteiger partial charge is 0.478 e. The monoisotopic (exact) mass is 254 g/mol. The highest BCUT2D eigenvalue weighted by Crippen LogP contribution is 2.36. The third-order valence-corrected chi connectivity index (χ3v) is 3.10. The van der Waals surface area contributed by atoms with Gasteiger partial charge in [-0.05, 0) is 18.3 Å². The van der Waals surface area contributed by atoms with Gasteiger partial charge in [0.2, 0.25) is 0 Å². The zero-order chi connectivity index (χ0) is 13.6. The van der Waals surface area contributed by atoms with Crippen LogP contribution in [-0.4, -0.2) is 29.6 Å². The van der Waals surface area contributed by atoms with E-state index in [1.165, 1.54) is 12.8 Å². The normalized spacial score (nSPS) is 17.6. The maximum absolute atomic E-state index is 11.4. The van der Waals surface area contributed by atoms with Crippen molar-refractivity contribution in [2.45, 2.75) is 32.6 Å². The van der Waals surface area contributed by atoms with E-state index in [2.05, 4.69) is 12.2 Å². The van der Waals surface area contributed by atoms with Gasteiger partial charge in [-0.2, -0.15) is 0 Å². The van der Waals surface area contributed by atoms with Crippen LogP contribution in [0.2, 0.25) is 0 Å². The smallest absolute Gasteiger partial charge is 0.328 e. The van der Waals surface area contributed by atoms with Crippen molar-refractivity contribution in [1.82, 2.24) is 10.6 Å². The first-order valence-electron chi connectivity index (χ1n) is 5.91. The summed E-state index contributed by atoms with van der Waals surface area (Å²) >= 11 is 0. The molecule has 0 saturated heterocycles. The van der Waals surface area contributed by atoms with Gasteiger partial charge in [-0.3, -0.25) is 10.1 Å². The number of carbonyl (C=O) groups excluding carboxylic acids is 2. The number of imide groups is 1. The van der Waals surface area contributed by atoms with E-state index in [0.29, 0.717) is 12.6 Å². The second kappa shape index (κ2) is 6.18. The van der Waals surface area contributed by atoms with Crippen LogP contribution in [-0.2, 0) is 9.59 Å². The average Bonchev–Trinajstić information content (AvgIpc) is 2.72. The summed E-state index contributed by atoms with van der Waals surface area (Å²) in [5.41, 5.74) is 0.108. The van der Waals surface area contributed by atoms with Gasteiger partial charge in [0.15, 0.2) is 0 Å². The molecule has 1 aliphatic rings. The van der Waals surface area contributed by atoms with Gasteiger partial charge in [0.1, 0.15) is 0 Å². The second-order valence-electron chi connectivity index (χ2n) is 4.86. The molecule has 0 aromatic heterocycles. The van der Waals surface area contributed by atoms with Crippen LogP contribution in [0.15, 0.2) is 12.2 Å². The van der Waals surface area contributed by atoms with E-state index in [9.17, 15) is 14.4 Å². The Morgan fingerprint density at radius 3 is 2.39 bits per heavy atom. The van der Waals surface area contributed by atoms with Gasteiger partial charge < -0.3 is 10.4 Å². The Morgan fingerprint density at radius 2 is 1.83 bits per heavy atom. The molecule has 0 atom stereocenters. The number of rotatable bonds is 4. The van der Waals surface area contributed by atoms with Crippen LogP contribution in [0.25, 0.3) is 0 Å². The Kier molecular flexibility index (Phi) is 4.88. The topological polar surface area (TPSA) is 95.5 Å². The van der Waals surface area contributed by atoms with E-state index >= 15 is 0 Å². The fourth-order valence-corrected chi connectivity index (χ4v) is 2.04. The predicted molar refractivity (Wildman–Crippen MR) is 64.9 cm³/mol. The molecule has 1 aliphatic carbocycles. The van der Waals surface area contributed by atoms with Crippen LogP contribution in [0.5, 0.6) is 0 Å². The van der Waals surface area contributed by atoms with Gasteiger partial charge in [0, 0.05) is 18.7 Å². The van der Waals surface area contributed by atoms with Crippen molar-refractivity contribution in [1.29, 1.82) is 0 Å². The molecule has 0 unspecified atom stereocenters. The number of hydrogen-bond donors (Lipinski definition) is 3. The molecule has 0 heterocycles. The lowest BCUT2D eigenvalue weighted by molar-refractivity contribution is -0.131. The highest BCUT2D eigenvalue weighted by atomic mass is 16.4. The molecule has 3 N–H and O–H groups in total. The van der Waals surface area contributed by atoms with Crippen molar-refractivity contribution in [3.05, 3.63) is 12.2 Å². The maximum Gasteiger partial charge on any atom is 0.328 e. The molecule has 1 saturated carbocycles. The lowest BCUT2D eigenvalue weighted by atomic mass is 9.89. The minimum atomic E-state index is -1.23. The molecule has 0 radical (unpaired) electrons. The molecule has 0 bridgehead atoms. The summed E-state index contributed by atoms with van der Waals surface area (Å²) in [5.74, 6) is -1.98. The first-order chi connectivity index (χ1) is 8.41. The lowest BCUT2D eigenvalue weighted by Gasteiger charge is -2.23. The number of carboxylic acid groups (broad SMARTS) is 1. The third kappa shape index (κ3) is 4.99. The van der Waals surface area contributed by atoms with E-state index in [1.807, 2.05) is 5.32 Å². The van der Waals surface area contributed by atoms with Crippen molar-refractivity contribution in [2.75, 3.05) is 6.54 Å². The van der Waals surface area contributed by atoms with Gasteiger partial charge in [-0.1, -0.05) is 19.8 Å². The first kappa shape index (κ1) is 14.2. The Morgan fingerprint density at radius 1 is 1.22 bits per heavy atom. The summed E-state index contributed by atoms with van der Waals surface area (Å²) in [7, 11) is 0. The fraction of sp³-hybridized carbons (Fsp3) is 0.583. The molecule has 6 nitrogen and oxygen atoms in total. The summed E-state index contributed by atoms with van der Waals surface area (Å²) in [6.45, 7) is 2.63. The zero-order valence-electron chi connectivity index (χ0n) is 10.4. The minimum Gasteiger partial charge on any atom is -0.478 e. The number of aliphatic carboxylic acids is 1. The standard InChI is InChI=1S/C12H18N2O4/c1-12(6-2-3-7-12)8-13-11(18)14-9(15)4-5-10(16)17/h4-5H,2-3,6-8H2,1H3,(H,16,17)(H2,13,14,15,18)/b5-4+. The first-order valence-corrected chi connectivity index (χ1v) is 5.91. The molecule has 1 fully saturated rings. The molecule has 0 aromatic carbocycles. The van der Waals surface area contributed by atoms with Gasteiger partial charge in [-0.25, -0.2) is 9.59 Å². The van der Waals surface area contributed by atoms with E-state index < -0.39 is 17.9 Å².